The average Bonchev–Trinajstić information content (AvgIpc) is 3.74. The third-order valence-electron chi connectivity index (χ3n) is 7.57. The second kappa shape index (κ2) is 10.8. The highest BCUT2D eigenvalue weighted by Gasteiger charge is 2.44. The van der Waals surface area contributed by atoms with Gasteiger partial charge in [0.25, 0.3) is 11.8 Å². The van der Waals surface area contributed by atoms with E-state index in [4.69, 9.17) is 19.2 Å². The van der Waals surface area contributed by atoms with Crippen molar-refractivity contribution in [2.45, 2.75) is 57.1 Å². The topological polar surface area (TPSA) is 154 Å². The highest BCUT2D eigenvalue weighted by molar-refractivity contribution is 5.85. The summed E-state index contributed by atoms with van der Waals surface area (Å²) in [6.45, 7) is 3.86. The molecule has 6 rings (SSSR count). The molecule has 3 N–H and O–H groups in total. The minimum absolute atomic E-state index is 0.00310. The molecule has 13 nitrogen and oxygen atoms in total. The quantitative estimate of drug-likeness (QED) is 0.290. The molecule has 0 saturated heterocycles. The predicted octanol–water partition coefficient (Wildman–Crippen LogP) is 3.62. The summed E-state index contributed by atoms with van der Waals surface area (Å²) in [4.78, 5) is 27.2. The average molecular weight is 564 g/mol. The second-order valence-electron chi connectivity index (χ2n) is 10.3. The molecule has 0 spiro atoms. The van der Waals surface area contributed by atoms with E-state index in [0.717, 1.165) is 17.5 Å². The summed E-state index contributed by atoms with van der Waals surface area (Å²) in [5, 5.41) is 17.3. The van der Waals surface area contributed by atoms with Crippen LogP contribution in [0.15, 0.2) is 36.8 Å². The van der Waals surface area contributed by atoms with Crippen LogP contribution in [0.2, 0.25) is 0 Å². The van der Waals surface area contributed by atoms with Gasteiger partial charge in [0.2, 0.25) is 12.5 Å². The molecule has 41 heavy (non-hydrogen) atoms. The molecule has 1 aliphatic carbocycles. The van der Waals surface area contributed by atoms with Crippen molar-refractivity contribution < 1.29 is 23.4 Å². The summed E-state index contributed by atoms with van der Waals surface area (Å²) in [7, 11) is 1.56. The van der Waals surface area contributed by atoms with Gasteiger partial charge in [-0.25, -0.2) is 19.0 Å². The van der Waals surface area contributed by atoms with Crippen LogP contribution in [0.4, 0.5) is 16.0 Å². The number of H-pyrrole nitrogens is 1. The number of carbonyl (C=O) groups is 1. The number of nitrogens with zero attached hydrogens (tertiary/aromatic N) is 6. The lowest BCUT2D eigenvalue weighted by atomic mass is 9.77. The number of nitrogens with one attached hydrogen (secondary N) is 3. The van der Waals surface area contributed by atoms with Gasteiger partial charge in [-0.15, -0.1) is 0 Å². The van der Waals surface area contributed by atoms with Crippen LogP contribution >= 0.6 is 0 Å². The maximum absolute atomic E-state index is 13.5. The molecule has 1 atom stereocenters. The Labute approximate surface area is 234 Å². The fraction of sp³-hybridized carbons (Fsp3) is 0.407. The molecule has 214 valence electrons. The third-order valence-corrected chi connectivity index (χ3v) is 7.57. The number of rotatable bonds is 8. The molecule has 2 aliphatic rings. The number of ether oxygens (including phenoxy) is 3. The van der Waals surface area contributed by atoms with E-state index in [9.17, 15) is 9.18 Å². The maximum atomic E-state index is 13.5. The maximum Gasteiger partial charge on any atom is 0.265 e. The molecule has 14 heteroatoms. The number of methoxy groups -OCH3 is 1. The molecule has 4 aromatic rings. The first kappa shape index (κ1) is 26.6. The van der Waals surface area contributed by atoms with Crippen molar-refractivity contribution in [2.24, 2.45) is 0 Å². The van der Waals surface area contributed by atoms with E-state index in [1.165, 1.54) is 10.9 Å². The molecular formula is C27H30FN9O4. The van der Waals surface area contributed by atoms with Gasteiger partial charge < -0.3 is 24.8 Å². The minimum atomic E-state index is -0.977. The second-order valence-corrected chi connectivity index (χ2v) is 10.3. The number of fused-ring (bicyclic) bond motifs is 1. The minimum Gasteiger partial charge on any atom is -0.448 e. The zero-order chi connectivity index (χ0) is 28.6. The van der Waals surface area contributed by atoms with Crippen LogP contribution in [-0.2, 0) is 9.53 Å². The standard InChI is InChI=1S/C27H30FN9O4/c1-15-10-20(36-35-15)32-24-22-25(41-14-40-22)34-23(33-24)17-6-8-27(39-3,9-7-17)26(38)31-16(2)18-4-5-21(29-11-18)37-13-19(28)12-30-37/h4-5,10-13,16-17H,6-9,14H2,1-3H3,(H,31,38)(H2,32,33,34,35,36)/t16-,17?,27?/m0/s1. The van der Waals surface area contributed by atoms with Crippen LogP contribution in [0.25, 0.3) is 5.82 Å². The van der Waals surface area contributed by atoms with Crippen LogP contribution in [0.5, 0.6) is 11.6 Å². The highest BCUT2D eigenvalue weighted by atomic mass is 19.1. The van der Waals surface area contributed by atoms with Crippen molar-refractivity contribution in [2.75, 3.05) is 19.2 Å². The SMILES string of the molecule is COC1(C(=O)N[C@@H](C)c2ccc(-n3cc(F)cn3)nc2)CCC(c2nc(Nc3cc(C)[nH]n3)c3c(n2)OCO3)CC1. The number of aryl methyl sites for hydroxylation is 1. The van der Waals surface area contributed by atoms with Gasteiger partial charge >= 0.3 is 0 Å². The number of aromatic nitrogens is 7. The Morgan fingerprint density at radius 3 is 2.73 bits per heavy atom. The molecule has 4 aromatic heterocycles. The lowest BCUT2D eigenvalue weighted by molar-refractivity contribution is -0.148. The number of amides is 1. The first-order valence-electron chi connectivity index (χ1n) is 13.3. The van der Waals surface area contributed by atoms with Gasteiger partial charge in [-0.3, -0.25) is 9.89 Å². The zero-order valence-electron chi connectivity index (χ0n) is 22.8. The Balaban J connectivity index is 1.12. The van der Waals surface area contributed by atoms with Gasteiger partial charge in [-0.1, -0.05) is 6.07 Å². The molecular weight excluding hydrogens is 533 g/mol. The van der Waals surface area contributed by atoms with E-state index < -0.39 is 11.4 Å². The van der Waals surface area contributed by atoms with Crippen LogP contribution < -0.4 is 20.1 Å². The fourth-order valence-electron chi connectivity index (χ4n) is 5.18. The van der Waals surface area contributed by atoms with Crippen molar-refractivity contribution in [3.63, 3.8) is 0 Å². The van der Waals surface area contributed by atoms with E-state index in [1.807, 2.05) is 26.0 Å². The number of halogens is 1. The van der Waals surface area contributed by atoms with E-state index in [2.05, 4.69) is 35.9 Å². The Morgan fingerprint density at radius 1 is 1.24 bits per heavy atom. The number of aromatic amines is 1. The van der Waals surface area contributed by atoms with Crippen LogP contribution in [-0.4, -0.2) is 60.3 Å². The van der Waals surface area contributed by atoms with Gasteiger partial charge in [-0.05, 0) is 51.2 Å². The molecule has 5 heterocycles. The van der Waals surface area contributed by atoms with Crippen LogP contribution in [0.1, 0.15) is 61.6 Å². The van der Waals surface area contributed by atoms with E-state index >= 15 is 0 Å². The van der Waals surface area contributed by atoms with Crippen molar-refractivity contribution in [3.8, 4) is 17.4 Å². The Morgan fingerprint density at radius 2 is 2.07 bits per heavy atom. The monoisotopic (exact) mass is 563 g/mol. The molecule has 1 saturated carbocycles. The molecule has 1 fully saturated rings. The molecule has 0 unspecified atom stereocenters. The molecule has 0 bridgehead atoms. The van der Waals surface area contributed by atoms with Crippen molar-refractivity contribution in [1.29, 1.82) is 0 Å². The van der Waals surface area contributed by atoms with Gasteiger partial charge in [-0.2, -0.15) is 15.2 Å². The summed E-state index contributed by atoms with van der Waals surface area (Å²) >= 11 is 0. The van der Waals surface area contributed by atoms with Gasteiger partial charge in [0.15, 0.2) is 23.3 Å². The number of pyridine rings is 1. The molecule has 0 aromatic carbocycles. The van der Waals surface area contributed by atoms with Crippen LogP contribution in [0, 0.1) is 12.7 Å². The van der Waals surface area contributed by atoms with E-state index in [0.29, 0.717) is 60.6 Å². The normalized spacial score (nSPS) is 20.5. The molecule has 1 aliphatic heterocycles. The molecule has 0 radical (unpaired) electrons. The van der Waals surface area contributed by atoms with E-state index in [-0.39, 0.29) is 24.7 Å². The van der Waals surface area contributed by atoms with Crippen LogP contribution in [0.3, 0.4) is 0 Å². The zero-order valence-corrected chi connectivity index (χ0v) is 22.8. The summed E-state index contributed by atoms with van der Waals surface area (Å²) in [5.41, 5.74) is 0.732. The summed E-state index contributed by atoms with van der Waals surface area (Å²) < 4.78 is 31.6. The number of hydrogen-bond acceptors (Lipinski definition) is 10. The van der Waals surface area contributed by atoms with Gasteiger partial charge in [0.05, 0.1) is 18.4 Å². The summed E-state index contributed by atoms with van der Waals surface area (Å²) in [6, 6.07) is 5.10. The smallest absolute Gasteiger partial charge is 0.265 e. The largest absolute Gasteiger partial charge is 0.448 e. The van der Waals surface area contributed by atoms with Gasteiger partial charge in [0.1, 0.15) is 11.4 Å². The lowest BCUT2D eigenvalue weighted by Crippen LogP contribution is -2.50. The summed E-state index contributed by atoms with van der Waals surface area (Å²) in [6.07, 6.45) is 6.29. The van der Waals surface area contributed by atoms with E-state index in [1.54, 1.807) is 19.4 Å². The highest BCUT2D eigenvalue weighted by Crippen LogP contribution is 2.43. The summed E-state index contributed by atoms with van der Waals surface area (Å²) in [5.74, 6) is 2.40. The Bertz CT molecular complexity index is 1550. The number of anilines is 2. The van der Waals surface area contributed by atoms with Gasteiger partial charge in [0, 0.05) is 31.0 Å². The van der Waals surface area contributed by atoms with Crippen molar-refractivity contribution in [3.05, 3.63) is 59.7 Å². The Kier molecular flexibility index (Phi) is 6.99. The third kappa shape index (κ3) is 5.29. The predicted molar refractivity (Wildman–Crippen MR) is 144 cm³/mol. The molecule has 1 amide bonds. The first-order valence-corrected chi connectivity index (χ1v) is 13.3. The lowest BCUT2D eigenvalue weighted by Gasteiger charge is -2.38. The first-order chi connectivity index (χ1) is 19.8. The van der Waals surface area contributed by atoms with Crippen molar-refractivity contribution >= 4 is 17.5 Å². The number of hydrogen-bond donors (Lipinski definition) is 3. The number of carbonyl (C=O) groups excluding carboxylic acids is 1. The Hall–Kier alpha value is -4.59. The fourth-order valence-corrected chi connectivity index (χ4v) is 5.18. The van der Waals surface area contributed by atoms with Crippen molar-refractivity contribution in [1.82, 2.24) is 40.2 Å².